The maximum atomic E-state index is 12.3. The number of nitro groups is 1. The molecule has 0 saturated carbocycles. The normalized spacial score (nSPS) is 28.3. The predicted octanol–water partition coefficient (Wildman–Crippen LogP) is 1.76. The highest BCUT2D eigenvalue weighted by atomic mass is 16.7. The van der Waals surface area contributed by atoms with Gasteiger partial charge in [0.25, 0.3) is 5.69 Å². The molecule has 2 aliphatic rings. The van der Waals surface area contributed by atoms with Crippen molar-refractivity contribution in [3.63, 3.8) is 0 Å². The van der Waals surface area contributed by atoms with E-state index in [1.54, 1.807) is 23.3 Å². The number of methoxy groups -OCH3 is 1. The molecule has 2 aliphatic heterocycles. The number of esters is 1. The lowest BCUT2D eigenvalue weighted by Crippen LogP contribution is -2.38. The van der Waals surface area contributed by atoms with Gasteiger partial charge in [-0.3, -0.25) is 15.0 Å². The average molecular weight is 292 g/mol. The largest absolute Gasteiger partial charge is 0.467 e. The summed E-state index contributed by atoms with van der Waals surface area (Å²) >= 11 is 0. The first-order valence-electron chi connectivity index (χ1n) is 6.86. The van der Waals surface area contributed by atoms with Gasteiger partial charge in [-0.25, -0.2) is 4.79 Å². The third-order valence-electron chi connectivity index (χ3n) is 4.17. The Morgan fingerprint density at radius 2 is 2.29 bits per heavy atom. The average Bonchev–Trinajstić information content (AvgIpc) is 3.05. The SMILES string of the molecule is COC(=O)[C@]1(c2ccccc2[N+](=O)[O-])C[C@H]2CCCN2O1. The van der Waals surface area contributed by atoms with E-state index >= 15 is 0 Å². The molecule has 7 heteroatoms. The van der Waals surface area contributed by atoms with E-state index in [-0.39, 0.29) is 17.3 Å². The highest BCUT2D eigenvalue weighted by Gasteiger charge is 2.57. The Morgan fingerprint density at radius 1 is 1.52 bits per heavy atom. The number of fused-ring (bicyclic) bond motifs is 1. The lowest BCUT2D eigenvalue weighted by molar-refractivity contribution is -0.387. The summed E-state index contributed by atoms with van der Waals surface area (Å²) in [7, 11) is 1.27. The number of nitro benzene ring substituents is 1. The highest BCUT2D eigenvalue weighted by molar-refractivity contribution is 5.83. The van der Waals surface area contributed by atoms with Crippen LogP contribution in [-0.4, -0.2) is 35.7 Å². The third-order valence-corrected chi connectivity index (χ3v) is 4.17. The van der Waals surface area contributed by atoms with Crippen LogP contribution in [0.2, 0.25) is 0 Å². The number of carbonyl (C=O) groups excluding carboxylic acids is 1. The van der Waals surface area contributed by atoms with Gasteiger partial charge in [-0.15, -0.1) is 0 Å². The topological polar surface area (TPSA) is 81.9 Å². The molecule has 21 heavy (non-hydrogen) atoms. The minimum atomic E-state index is -1.41. The van der Waals surface area contributed by atoms with Gasteiger partial charge in [-0.05, 0) is 18.9 Å². The van der Waals surface area contributed by atoms with Crippen molar-refractivity contribution in [1.82, 2.24) is 5.06 Å². The Balaban J connectivity index is 2.10. The van der Waals surface area contributed by atoms with Gasteiger partial charge >= 0.3 is 5.97 Å². The summed E-state index contributed by atoms with van der Waals surface area (Å²) in [5.74, 6) is -0.591. The highest BCUT2D eigenvalue weighted by Crippen LogP contribution is 2.46. The van der Waals surface area contributed by atoms with Gasteiger partial charge in [0.1, 0.15) is 0 Å². The molecule has 0 N–H and O–H groups in total. The van der Waals surface area contributed by atoms with Crippen LogP contribution in [0.4, 0.5) is 5.69 Å². The molecule has 0 bridgehead atoms. The van der Waals surface area contributed by atoms with E-state index in [4.69, 9.17) is 9.57 Å². The molecule has 2 saturated heterocycles. The van der Waals surface area contributed by atoms with Crippen molar-refractivity contribution < 1.29 is 19.3 Å². The second kappa shape index (κ2) is 5.09. The summed E-state index contributed by atoms with van der Waals surface area (Å²) in [5, 5.41) is 13.0. The van der Waals surface area contributed by atoms with Crippen LogP contribution >= 0.6 is 0 Å². The Morgan fingerprint density at radius 3 is 2.95 bits per heavy atom. The van der Waals surface area contributed by atoms with Crippen molar-refractivity contribution >= 4 is 11.7 Å². The number of hydrogen-bond acceptors (Lipinski definition) is 6. The zero-order valence-corrected chi connectivity index (χ0v) is 11.7. The molecule has 0 aliphatic carbocycles. The summed E-state index contributed by atoms with van der Waals surface area (Å²) < 4.78 is 4.88. The Kier molecular flexibility index (Phi) is 3.38. The smallest absolute Gasteiger partial charge is 0.345 e. The number of nitrogens with zero attached hydrogens (tertiary/aromatic N) is 2. The van der Waals surface area contributed by atoms with Crippen LogP contribution in [0.1, 0.15) is 24.8 Å². The quantitative estimate of drug-likeness (QED) is 0.479. The van der Waals surface area contributed by atoms with Crippen LogP contribution in [-0.2, 0) is 20.0 Å². The lowest BCUT2D eigenvalue weighted by atomic mass is 9.86. The lowest BCUT2D eigenvalue weighted by Gasteiger charge is -2.26. The van der Waals surface area contributed by atoms with Crippen molar-refractivity contribution in [2.45, 2.75) is 30.9 Å². The van der Waals surface area contributed by atoms with Crippen molar-refractivity contribution in [3.8, 4) is 0 Å². The maximum Gasteiger partial charge on any atom is 0.345 e. The molecule has 1 aromatic carbocycles. The number of para-hydroxylation sites is 1. The summed E-state index contributed by atoms with van der Waals surface area (Å²) in [5.41, 5.74) is -1.27. The number of hydrogen-bond donors (Lipinski definition) is 0. The molecule has 0 amide bonds. The fourth-order valence-corrected chi connectivity index (χ4v) is 3.23. The molecule has 0 radical (unpaired) electrons. The third kappa shape index (κ3) is 2.09. The van der Waals surface area contributed by atoms with Crippen LogP contribution < -0.4 is 0 Å². The summed E-state index contributed by atoms with van der Waals surface area (Å²) in [6.07, 6.45) is 2.29. The van der Waals surface area contributed by atoms with Gasteiger partial charge in [-0.2, -0.15) is 5.06 Å². The Labute approximate surface area is 121 Å². The van der Waals surface area contributed by atoms with Gasteiger partial charge in [0.05, 0.1) is 17.6 Å². The number of rotatable bonds is 3. The van der Waals surface area contributed by atoms with Gasteiger partial charge < -0.3 is 4.74 Å². The first kappa shape index (κ1) is 14.0. The van der Waals surface area contributed by atoms with Crippen molar-refractivity contribution in [1.29, 1.82) is 0 Å². The summed E-state index contributed by atoms with van der Waals surface area (Å²) in [4.78, 5) is 29.0. The van der Waals surface area contributed by atoms with Gasteiger partial charge in [0, 0.05) is 25.1 Å². The van der Waals surface area contributed by atoms with Crippen molar-refractivity contribution in [3.05, 3.63) is 39.9 Å². The van der Waals surface area contributed by atoms with Crippen LogP contribution in [0.15, 0.2) is 24.3 Å². The zero-order chi connectivity index (χ0) is 15.0. The number of hydroxylamine groups is 2. The Hall–Kier alpha value is -1.99. The fourth-order valence-electron chi connectivity index (χ4n) is 3.23. The van der Waals surface area contributed by atoms with Crippen LogP contribution in [0, 0.1) is 10.1 Å². The monoisotopic (exact) mass is 292 g/mol. The minimum Gasteiger partial charge on any atom is -0.467 e. The van der Waals surface area contributed by atoms with Gasteiger partial charge in [0.2, 0.25) is 5.60 Å². The number of carbonyl (C=O) groups is 1. The minimum absolute atomic E-state index is 0.101. The summed E-state index contributed by atoms with van der Waals surface area (Å²) in [6, 6.07) is 6.29. The molecule has 1 aromatic rings. The molecule has 2 atom stereocenters. The van der Waals surface area contributed by atoms with Gasteiger partial charge in [-0.1, -0.05) is 12.1 Å². The molecule has 3 rings (SSSR count). The van der Waals surface area contributed by atoms with E-state index in [0.29, 0.717) is 6.42 Å². The van der Waals surface area contributed by atoms with E-state index in [1.165, 1.54) is 13.2 Å². The molecule has 2 heterocycles. The predicted molar refractivity (Wildman–Crippen MR) is 72.2 cm³/mol. The number of ether oxygens (including phenoxy) is 1. The number of benzene rings is 1. The van der Waals surface area contributed by atoms with Crippen LogP contribution in [0.3, 0.4) is 0 Å². The van der Waals surface area contributed by atoms with Gasteiger partial charge in [0.15, 0.2) is 0 Å². The second-order valence-corrected chi connectivity index (χ2v) is 5.33. The molecule has 7 nitrogen and oxygen atoms in total. The van der Waals surface area contributed by atoms with E-state index in [1.807, 2.05) is 0 Å². The standard InChI is InChI=1S/C14H16N2O5/c1-20-13(17)14(9-10-5-4-8-15(10)21-14)11-6-2-3-7-12(11)16(18)19/h2-3,6-7,10H,4-5,8-9H2,1H3/t10-,14-/m1/s1. The molecule has 2 fully saturated rings. The molecular weight excluding hydrogens is 276 g/mol. The molecule has 0 unspecified atom stereocenters. The van der Waals surface area contributed by atoms with E-state index < -0.39 is 16.5 Å². The molecule has 112 valence electrons. The van der Waals surface area contributed by atoms with Crippen molar-refractivity contribution in [2.24, 2.45) is 0 Å². The molecule has 0 spiro atoms. The summed E-state index contributed by atoms with van der Waals surface area (Å²) in [6.45, 7) is 0.726. The zero-order valence-electron chi connectivity index (χ0n) is 11.7. The van der Waals surface area contributed by atoms with E-state index in [0.717, 1.165) is 19.4 Å². The van der Waals surface area contributed by atoms with Crippen molar-refractivity contribution in [2.75, 3.05) is 13.7 Å². The molecule has 0 aromatic heterocycles. The maximum absolute atomic E-state index is 12.3. The molecular formula is C14H16N2O5. The van der Waals surface area contributed by atoms with E-state index in [2.05, 4.69) is 0 Å². The Bertz CT molecular complexity index is 576. The van der Waals surface area contributed by atoms with E-state index in [9.17, 15) is 14.9 Å². The fraction of sp³-hybridized carbons (Fsp3) is 0.500. The first-order valence-corrected chi connectivity index (χ1v) is 6.86. The first-order chi connectivity index (χ1) is 10.1. The second-order valence-electron chi connectivity index (χ2n) is 5.33. The van der Waals surface area contributed by atoms with Crippen LogP contribution in [0.25, 0.3) is 0 Å². The van der Waals surface area contributed by atoms with Crippen LogP contribution in [0.5, 0.6) is 0 Å².